The zero-order valence-electron chi connectivity index (χ0n) is 17.5. The number of nitrogens with one attached hydrogen (secondary N) is 1. The number of aryl methyl sites for hydroxylation is 1. The maximum Gasteiger partial charge on any atom is 0.233 e. The molecule has 164 valence electrons. The third-order valence-electron chi connectivity index (χ3n) is 5.23. The summed E-state index contributed by atoms with van der Waals surface area (Å²) in [6.45, 7) is 8.16. The van der Waals surface area contributed by atoms with Gasteiger partial charge in [-0.05, 0) is 30.5 Å². The first kappa shape index (κ1) is 22.5. The van der Waals surface area contributed by atoms with Crippen LogP contribution in [0.5, 0.6) is 0 Å². The quantitative estimate of drug-likeness (QED) is 0.712. The van der Waals surface area contributed by atoms with E-state index in [2.05, 4.69) is 46.3 Å². The van der Waals surface area contributed by atoms with E-state index in [0.29, 0.717) is 44.3 Å². The molecule has 0 atom stereocenters. The van der Waals surface area contributed by atoms with E-state index in [4.69, 9.17) is 24.4 Å². The Morgan fingerprint density at radius 1 is 0.833 bits per heavy atom. The molecule has 1 aromatic carbocycles. The molecule has 0 radical (unpaired) electrons. The van der Waals surface area contributed by atoms with Crippen LogP contribution in [0.25, 0.3) is 0 Å². The summed E-state index contributed by atoms with van der Waals surface area (Å²) in [6, 6.07) is 8.53. The van der Waals surface area contributed by atoms with Gasteiger partial charge in [-0.1, -0.05) is 25.5 Å². The van der Waals surface area contributed by atoms with Crippen molar-refractivity contribution in [1.29, 1.82) is 0 Å². The standard InChI is InChI=1S/C21H30N6O2.ClH/c1-2-3-4-17-5-7-18(8-6-17)22-19-23-20(26-9-13-28-14-10-26)25-21(24-19)27-11-15-29-16-12-27;/h5-8H,2-4,9-16H2,1H3,(H,22,23,24,25);1H. The number of hydrogen-bond acceptors (Lipinski definition) is 8. The summed E-state index contributed by atoms with van der Waals surface area (Å²) in [5.41, 5.74) is 2.34. The number of ether oxygens (including phenoxy) is 2. The van der Waals surface area contributed by atoms with Crippen molar-refractivity contribution in [2.75, 3.05) is 67.7 Å². The van der Waals surface area contributed by atoms with Gasteiger partial charge in [0.1, 0.15) is 0 Å². The Bertz CT molecular complexity index is 743. The van der Waals surface area contributed by atoms with E-state index in [-0.39, 0.29) is 12.4 Å². The van der Waals surface area contributed by atoms with Crippen LogP contribution < -0.4 is 15.1 Å². The van der Waals surface area contributed by atoms with E-state index >= 15 is 0 Å². The minimum absolute atomic E-state index is 0. The molecule has 0 saturated carbocycles. The van der Waals surface area contributed by atoms with Crippen molar-refractivity contribution >= 4 is 35.9 Å². The van der Waals surface area contributed by atoms with Crippen molar-refractivity contribution in [1.82, 2.24) is 15.0 Å². The van der Waals surface area contributed by atoms with Crippen LogP contribution in [0.15, 0.2) is 24.3 Å². The monoisotopic (exact) mass is 434 g/mol. The Morgan fingerprint density at radius 3 is 1.87 bits per heavy atom. The Morgan fingerprint density at radius 2 is 1.37 bits per heavy atom. The molecule has 30 heavy (non-hydrogen) atoms. The summed E-state index contributed by atoms with van der Waals surface area (Å²) in [5.74, 6) is 1.98. The number of unbranched alkanes of at least 4 members (excludes halogenated alkanes) is 1. The van der Waals surface area contributed by atoms with Crippen molar-refractivity contribution in [2.45, 2.75) is 26.2 Å². The third-order valence-corrected chi connectivity index (χ3v) is 5.23. The van der Waals surface area contributed by atoms with Crippen molar-refractivity contribution < 1.29 is 9.47 Å². The Labute approximate surface area is 184 Å². The predicted molar refractivity (Wildman–Crippen MR) is 121 cm³/mol. The first-order chi connectivity index (χ1) is 14.3. The molecular weight excluding hydrogens is 404 g/mol. The molecule has 2 aromatic rings. The molecule has 1 N–H and O–H groups in total. The van der Waals surface area contributed by atoms with Crippen LogP contribution in [-0.2, 0) is 15.9 Å². The smallest absolute Gasteiger partial charge is 0.233 e. The van der Waals surface area contributed by atoms with E-state index in [0.717, 1.165) is 38.3 Å². The Balaban J connectivity index is 0.00000256. The molecule has 0 aliphatic carbocycles. The lowest BCUT2D eigenvalue weighted by molar-refractivity contribution is 0.121. The summed E-state index contributed by atoms with van der Waals surface area (Å²) in [7, 11) is 0. The number of benzene rings is 1. The minimum Gasteiger partial charge on any atom is -0.378 e. The molecule has 2 aliphatic rings. The van der Waals surface area contributed by atoms with Gasteiger partial charge in [0.25, 0.3) is 0 Å². The average molecular weight is 435 g/mol. The van der Waals surface area contributed by atoms with Gasteiger partial charge in [0.05, 0.1) is 26.4 Å². The molecule has 1 aromatic heterocycles. The highest BCUT2D eigenvalue weighted by atomic mass is 35.5. The van der Waals surface area contributed by atoms with Crippen LogP contribution in [0.2, 0.25) is 0 Å². The van der Waals surface area contributed by atoms with E-state index in [1.165, 1.54) is 18.4 Å². The number of rotatable bonds is 7. The SMILES string of the molecule is CCCCc1ccc(Nc2nc(N3CCOCC3)nc(N3CCOCC3)n2)cc1.Cl. The highest BCUT2D eigenvalue weighted by molar-refractivity contribution is 5.85. The van der Waals surface area contributed by atoms with Gasteiger partial charge >= 0.3 is 0 Å². The molecule has 4 rings (SSSR count). The Kier molecular flexibility index (Phi) is 8.48. The zero-order valence-corrected chi connectivity index (χ0v) is 18.4. The van der Waals surface area contributed by atoms with Crippen molar-refractivity contribution in [2.24, 2.45) is 0 Å². The number of aromatic nitrogens is 3. The highest BCUT2D eigenvalue weighted by Crippen LogP contribution is 2.21. The van der Waals surface area contributed by atoms with Gasteiger partial charge < -0.3 is 24.6 Å². The molecule has 8 nitrogen and oxygen atoms in total. The molecule has 2 fully saturated rings. The Hall–Kier alpha value is -2.16. The van der Waals surface area contributed by atoms with Gasteiger partial charge in [0, 0.05) is 31.9 Å². The van der Waals surface area contributed by atoms with Crippen molar-refractivity contribution in [3.8, 4) is 0 Å². The molecule has 0 amide bonds. The van der Waals surface area contributed by atoms with Crippen molar-refractivity contribution in [3.63, 3.8) is 0 Å². The fourth-order valence-corrected chi connectivity index (χ4v) is 3.48. The summed E-state index contributed by atoms with van der Waals surface area (Å²) in [5, 5.41) is 3.37. The first-order valence-corrected chi connectivity index (χ1v) is 10.6. The van der Waals surface area contributed by atoms with Gasteiger partial charge in [-0.3, -0.25) is 0 Å². The summed E-state index contributed by atoms with van der Waals surface area (Å²) in [4.78, 5) is 18.5. The van der Waals surface area contributed by atoms with Gasteiger partial charge in [0.15, 0.2) is 0 Å². The molecule has 3 heterocycles. The lowest BCUT2D eigenvalue weighted by Crippen LogP contribution is -2.40. The minimum atomic E-state index is 0. The second-order valence-corrected chi connectivity index (χ2v) is 7.38. The maximum atomic E-state index is 5.48. The largest absolute Gasteiger partial charge is 0.378 e. The van der Waals surface area contributed by atoms with Crippen molar-refractivity contribution in [3.05, 3.63) is 29.8 Å². The number of anilines is 4. The van der Waals surface area contributed by atoms with Gasteiger partial charge in [-0.25, -0.2) is 0 Å². The van der Waals surface area contributed by atoms with E-state index in [9.17, 15) is 0 Å². The summed E-state index contributed by atoms with van der Waals surface area (Å²) in [6.07, 6.45) is 3.54. The average Bonchev–Trinajstić information content (AvgIpc) is 2.79. The molecule has 9 heteroatoms. The lowest BCUT2D eigenvalue weighted by atomic mass is 10.1. The fourth-order valence-electron chi connectivity index (χ4n) is 3.48. The normalized spacial score (nSPS) is 16.8. The number of morpholine rings is 2. The number of hydrogen-bond donors (Lipinski definition) is 1. The zero-order chi connectivity index (χ0) is 19.9. The van der Waals surface area contributed by atoms with Gasteiger partial charge in [-0.15, -0.1) is 12.4 Å². The summed E-state index contributed by atoms with van der Waals surface area (Å²) < 4.78 is 11.0. The summed E-state index contributed by atoms with van der Waals surface area (Å²) >= 11 is 0. The van der Waals surface area contributed by atoms with E-state index in [1.54, 1.807) is 0 Å². The van der Waals surface area contributed by atoms with Crippen LogP contribution in [0, 0.1) is 0 Å². The van der Waals surface area contributed by atoms with Crippen LogP contribution in [0.1, 0.15) is 25.3 Å². The molecule has 2 saturated heterocycles. The van der Waals surface area contributed by atoms with E-state index in [1.807, 2.05) is 0 Å². The molecule has 0 bridgehead atoms. The fraction of sp³-hybridized carbons (Fsp3) is 0.571. The molecule has 2 aliphatic heterocycles. The van der Waals surface area contributed by atoms with Gasteiger partial charge in [-0.2, -0.15) is 15.0 Å². The van der Waals surface area contributed by atoms with Crippen LogP contribution in [0.4, 0.5) is 23.5 Å². The number of nitrogens with zero attached hydrogens (tertiary/aromatic N) is 5. The lowest BCUT2D eigenvalue weighted by Gasteiger charge is -2.30. The van der Waals surface area contributed by atoms with Gasteiger partial charge in [0.2, 0.25) is 17.8 Å². The number of halogens is 1. The van der Waals surface area contributed by atoms with Crippen LogP contribution in [0.3, 0.4) is 0 Å². The second kappa shape index (κ2) is 11.3. The molecule has 0 spiro atoms. The maximum absolute atomic E-state index is 5.48. The topological polar surface area (TPSA) is 75.6 Å². The molecular formula is C21H31ClN6O2. The van der Waals surface area contributed by atoms with E-state index < -0.39 is 0 Å². The third kappa shape index (κ3) is 5.93. The molecule has 0 unspecified atom stereocenters. The van der Waals surface area contributed by atoms with Crippen LogP contribution in [-0.4, -0.2) is 67.6 Å². The predicted octanol–water partition coefficient (Wildman–Crippen LogP) is 3.05. The highest BCUT2D eigenvalue weighted by Gasteiger charge is 2.20. The first-order valence-electron chi connectivity index (χ1n) is 10.6. The van der Waals surface area contributed by atoms with Crippen LogP contribution >= 0.6 is 12.4 Å². The second-order valence-electron chi connectivity index (χ2n) is 7.38.